The fraction of sp³-hybridized carbons (Fsp3) is 0.310. The number of carbonyl (C=O) groups is 2. The van der Waals surface area contributed by atoms with Crippen LogP contribution in [0.3, 0.4) is 0 Å². The summed E-state index contributed by atoms with van der Waals surface area (Å²) in [6.07, 6.45) is 0.399. The highest BCUT2D eigenvalue weighted by Gasteiger charge is 2.30. The van der Waals surface area contributed by atoms with Crippen LogP contribution in [-0.4, -0.2) is 41.7 Å². The molecule has 3 aromatic rings. The van der Waals surface area contributed by atoms with Gasteiger partial charge in [0, 0.05) is 34.8 Å². The molecule has 0 heterocycles. The second-order valence-electron chi connectivity index (χ2n) is 8.93. The highest BCUT2D eigenvalue weighted by atomic mass is 35.5. The number of benzene rings is 3. The van der Waals surface area contributed by atoms with Gasteiger partial charge in [0.1, 0.15) is 11.8 Å². The molecule has 0 fully saturated rings. The maximum absolute atomic E-state index is 13.7. The average molecular weight is 560 g/mol. The molecule has 0 aliphatic carbocycles. The molecule has 0 bridgehead atoms. The number of hydrogen-bond acceptors (Lipinski definition) is 4. The number of hydrogen-bond donors (Lipinski definition) is 1. The lowest BCUT2D eigenvalue weighted by atomic mass is 10.0. The van der Waals surface area contributed by atoms with E-state index in [1.807, 2.05) is 68.4 Å². The third-order valence-corrected chi connectivity index (χ3v) is 7.37. The summed E-state index contributed by atoms with van der Waals surface area (Å²) in [4.78, 5) is 28.8. The van der Waals surface area contributed by atoms with Gasteiger partial charge in [0.15, 0.2) is 0 Å². The first kappa shape index (κ1) is 28.9. The van der Waals surface area contributed by atoms with E-state index in [1.54, 1.807) is 30.2 Å². The normalized spacial score (nSPS) is 11.7. The molecule has 3 rings (SSSR count). The summed E-state index contributed by atoms with van der Waals surface area (Å²) in [6.45, 7) is 4.09. The van der Waals surface area contributed by atoms with Crippen molar-refractivity contribution in [2.45, 2.75) is 44.6 Å². The molecule has 1 N–H and O–H groups in total. The van der Waals surface area contributed by atoms with E-state index >= 15 is 0 Å². The topological polar surface area (TPSA) is 58.6 Å². The number of ether oxygens (including phenoxy) is 1. The predicted octanol–water partition coefficient (Wildman–Crippen LogP) is 6.40. The second kappa shape index (κ2) is 14.3. The summed E-state index contributed by atoms with van der Waals surface area (Å²) in [5, 5.41) is 4.14. The third kappa shape index (κ3) is 8.70. The number of nitrogens with zero attached hydrogens (tertiary/aromatic N) is 1. The van der Waals surface area contributed by atoms with Crippen LogP contribution in [0, 0.1) is 0 Å². The molecule has 0 saturated carbocycles. The Morgan fingerprint density at radius 1 is 0.946 bits per heavy atom. The molecule has 0 aliphatic rings. The third-order valence-electron chi connectivity index (χ3n) is 5.72. The molecule has 1 atom stereocenters. The van der Waals surface area contributed by atoms with Crippen molar-refractivity contribution in [1.82, 2.24) is 10.2 Å². The first-order valence-electron chi connectivity index (χ1n) is 12.1. The summed E-state index contributed by atoms with van der Waals surface area (Å²) in [6, 6.07) is 21.9. The van der Waals surface area contributed by atoms with E-state index in [1.165, 1.54) is 11.8 Å². The largest absolute Gasteiger partial charge is 0.497 e. The highest BCUT2D eigenvalue weighted by Crippen LogP contribution is 2.29. The Balaban J connectivity index is 1.88. The van der Waals surface area contributed by atoms with Crippen LogP contribution in [0.1, 0.15) is 30.5 Å². The van der Waals surface area contributed by atoms with Crippen LogP contribution in [0.5, 0.6) is 5.75 Å². The standard InChI is InChI=1S/C29H32Cl2N2O3S/c1-20(2)32-29(35)27(16-21-9-5-4-6-10-21)33(17-22-11-7-12-23(15-22)36-3)28(34)19-37-18-24-25(30)13-8-14-26(24)31/h4-15,20,27H,16-19H2,1-3H3,(H,32,35)/t27-/m0/s1. The fourth-order valence-corrected chi connectivity index (χ4v) is 5.54. The van der Waals surface area contributed by atoms with Gasteiger partial charge >= 0.3 is 0 Å². The Morgan fingerprint density at radius 3 is 2.24 bits per heavy atom. The number of rotatable bonds is 12. The van der Waals surface area contributed by atoms with Gasteiger partial charge in [-0.1, -0.05) is 71.7 Å². The van der Waals surface area contributed by atoms with E-state index in [0.29, 0.717) is 28.0 Å². The van der Waals surface area contributed by atoms with Crippen LogP contribution in [0.25, 0.3) is 0 Å². The van der Waals surface area contributed by atoms with Gasteiger partial charge in [-0.05, 0) is 54.8 Å². The zero-order valence-electron chi connectivity index (χ0n) is 21.2. The van der Waals surface area contributed by atoms with Crippen molar-refractivity contribution in [2.75, 3.05) is 12.9 Å². The molecule has 0 aromatic heterocycles. The molecule has 196 valence electrons. The lowest BCUT2D eigenvalue weighted by Crippen LogP contribution is -2.52. The molecule has 8 heteroatoms. The fourth-order valence-electron chi connectivity index (χ4n) is 3.90. The SMILES string of the molecule is COc1cccc(CN(C(=O)CSCc2c(Cl)cccc2Cl)[C@@H](Cc2ccccc2)C(=O)NC(C)C)c1. The number of carbonyl (C=O) groups excluding carboxylic acids is 2. The quantitative estimate of drug-likeness (QED) is 0.279. The van der Waals surface area contributed by atoms with Crippen LogP contribution >= 0.6 is 35.0 Å². The Morgan fingerprint density at radius 2 is 1.59 bits per heavy atom. The molecule has 0 saturated heterocycles. The van der Waals surface area contributed by atoms with Gasteiger partial charge in [0.05, 0.1) is 12.9 Å². The zero-order chi connectivity index (χ0) is 26.8. The van der Waals surface area contributed by atoms with Gasteiger partial charge in [-0.3, -0.25) is 9.59 Å². The minimum absolute atomic E-state index is 0.0590. The van der Waals surface area contributed by atoms with Gasteiger partial charge in [-0.25, -0.2) is 0 Å². The van der Waals surface area contributed by atoms with Gasteiger partial charge in [-0.2, -0.15) is 0 Å². The van der Waals surface area contributed by atoms with Crippen molar-refractivity contribution in [3.63, 3.8) is 0 Å². The first-order chi connectivity index (χ1) is 17.8. The second-order valence-corrected chi connectivity index (χ2v) is 10.7. The van der Waals surface area contributed by atoms with E-state index in [-0.39, 0.29) is 30.2 Å². The Hall–Kier alpha value is -2.67. The Labute approximate surface area is 233 Å². The summed E-state index contributed by atoms with van der Waals surface area (Å²) < 4.78 is 5.38. The average Bonchev–Trinajstić information content (AvgIpc) is 2.88. The van der Waals surface area contributed by atoms with Crippen molar-refractivity contribution in [3.8, 4) is 5.75 Å². The molecule has 0 unspecified atom stereocenters. The molecular formula is C29H32Cl2N2O3S. The van der Waals surface area contributed by atoms with Crippen LogP contribution in [0.4, 0.5) is 0 Å². The molecule has 0 radical (unpaired) electrons. The minimum Gasteiger partial charge on any atom is -0.497 e. The number of methoxy groups -OCH3 is 1. The predicted molar refractivity (Wildman–Crippen MR) is 153 cm³/mol. The number of amides is 2. The van der Waals surface area contributed by atoms with Gasteiger partial charge in [0.2, 0.25) is 11.8 Å². The van der Waals surface area contributed by atoms with E-state index in [0.717, 1.165) is 16.7 Å². The maximum Gasteiger partial charge on any atom is 0.243 e. The monoisotopic (exact) mass is 558 g/mol. The van der Waals surface area contributed by atoms with Gasteiger partial charge in [-0.15, -0.1) is 11.8 Å². The summed E-state index contributed by atoms with van der Waals surface area (Å²) in [5.74, 6) is 1.02. The van der Waals surface area contributed by atoms with E-state index in [4.69, 9.17) is 27.9 Å². The van der Waals surface area contributed by atoms with Crippen LogP contribution in [-0.2, 0) is 28.3 Å². The van der Waals surface area contributed by atoms with Crippen molar-refractivity contribution < 1.29 is 14.3 Å². The Bertz CT molecular complexity index is 1170. The zero-order valence-corrected chi connectivity index (χ0v) is 23.6. The van der Waals surface area contributed by atoms with Crippen molar-refractivity contribution in [3.05, 3.63) is 99.5 Å². The van der Waals surface area contributed by atoms with Crippen LogP contribution in [0.15, 0.2) is 72.8 Å². The van der Waals surface area contributed by atoms with Gasteiger partial charge in [0.25, 0.3) is 0 Å². The van der Waals surface area contributed by atoms with Crippen molar-refractivity contribution >= 4 is 46.8 Å². The number of thioether (sulfide) groups is 1. The van der Waals surface area contributed by atoms with Crippen LogP contribution in [0.2, 0.25) is 10.0 Å². The molecular weight excluding hydrogens is 527 g/mol. The maximum atomic E-state index is 13.7. The molecule has 37 heavy (non-hydrogen) atoms. The first-order valence-corrected chi connectivity index (χ1v) is 14.0. The van der Waals surface area contributed by atoms with Crippen molar-refractivity contribution in [1.29, 1.82) is 0 Å². The lowest BCUT2D eigenvalue weighted by Gasteiger charge is -2.32. The number of halogens is 2. The van der Waals surface area contributed by atoms with Gasteiger partial charge < -0.3 is 15.0 Å². The molecule has 0 aliphatic heterocycles. The van der Waals surface area contributed by atoms with E-state index in [9.17, 15) is 9.59 Å². The molecule has 3 aromatic carbocycles. The van der Waals surface area contributed by atoms with E-state index in [2.05, 4.69) is 5.32 Å². The summed E-state index contributed by atoms with van der Waals surface area (Å²) >= 11 is 14.1. The van der Waals surface area contributed by atoms with Crippen LogP contribution < -0.4 is 10.1 Å². The lowest BCUT2D eigenvalue weighted by molar-refractivity contribution is -0.139. The van der Waals surface area contributed by atoms with E-state index < -0.39 is 6.04 Å². The molecule has 0 spiro atoms. The Kier molecular flexibility index (Phi) is 11.2. The summed E-state index contributed by atoms with van der Waals surface area (Å²) in [5.41, 5.74) is 2.65. The highest BCUT2D eigenvalue weighted by molar-refractivity contribution is 7.99. The van der Waals surface area contributed by atoms with Crippen molar-refractivity contribution in [2.24, 2.45) is 0 Å². The molecule has 5 nitrogen and oxygen atoms in total. The smallest absolute Gasteiger partial charge is 0.243 e. The minimum atomic E-state index is -0.687. The summed E-state index contributed by atoms with van der Waals surface area (Å²) in [7, 11) is 1.60. The number of nitrogens with one attached hydrogen (secondary N) is 1. The molecule has 2 amide bonds.